The molecule has 0 aromatic heterocycles. The molecule has 28 heavy (non-hydrogen) atoms. The Kier molecular flexibility index (Phi) is 6.43. The molecule has 2 saturated heterocycles. The number of piperidine rings is 1. The number of hydrogen-bond acceptors (Lipinski definition) is 4. The summed E-state index contributed by atoms with van der Waals surface area (Å²) < 4.78 is 23.0. The summed E-state index contributed by atoms with van der Waals surface area (Å²) in [5.41, 5.74) is 0.778. The van der Waals surface area contributed by atoms with E-state index in [-0.39, 0.29) is 29.6 Å². The van der Waals surface area contributed by atoms with Crippen LogP contribution in [-0.4, -0.2) is 74.5 Å². The predicted octanol–water partition coefficient (Wildman–Crippen LogP) is 1.76. The van der Waals surface area contributed by atoms with Gasteiger partial charge in [-0.25, -0.2) is 18.0 Å². The lowest BCUT2D eigenvalue weighted by atomic mass is 9.96. The summed E-state index contributed by atoms with van der Waals surface area (Å²) in [6.45, 7) is 1.90. The van der Waals surface area contributed by atoms with Crippen molar-refractivity contribution < 1.29 is 18.0 Å². The minimum absolute atomic E-state index is 0.0293. The van der Waals surface area contributed by atoms with E-state index in [4.69, 9.17) is 0 Å². The van der Waals surface area contributed by atoms with Gasteiger partial charge in [0.2, 0.25) is 0 Å². The quantitative estimate of drug-likeness (QED) is 0.793. The van der Waals surface area contributed by atoms with Crippen molar-refractivity contribution in [3.8, 4) is 0 Å². The molecule has 0 bridgehead atoms. The molecular formula is C19H28N4O4S. The molecule has 2 N–H and O–H groups in total. The van der Waals surface area contributed by atoms with Crippen molar-refractivity contribution in [2.75, 3.05) is 43.5 Å². The van der Waals surface area contributed by atoms with Crippen LogP contribution in [0.2, 0.25) is 0 Å². The topological polar surface area (TPSA) is 98.8 Å². The van der Waals surface area contributed by atoms with E-state index in [0.29, 0.717) is 32.0 Å². The Hall–Kier alpha value is -2.29. The first kappa shape index (κ1) is 20.4. The van der Waals surface area contributed by atoms with Crippen LogP contribution in [0, 0.1) is 5.92 Å². The SMILES string of the molecule is CN(CC1CCN(C(=O)Nc2ccccc2)CC1)C(=O)NC1CCS(=O)(=O)C1. The molecule has 4 amide bonds. The highest BCUT2D eigenvalue weighted by atomic mass is 32.2. The lowest BCUT2D eigenvalue weighted by Gasteiger charge is -2.34. The number of rotatable bonds is 4. The third-order valence-corrected chi connectivity index (χ3v) is 7.13. The van der Waals surface area contributed by atoms with Crippen LogP contribution in [0.15, 0.2) is 30.3 Å². The lowest BCUT2D eigenvalue weighted by molar-refractivity contribution is 0.160. The third-order valence-electron chi connectivity index (χ3n) is 5.37. The summed E-state index contributed by atoms with van der Waals surface area (Å²) in [5.74, 6) is 0.496. The minimum atomic E-state index is -3.01. The van der Waals surface area contributed by atoms with Gasteiger partial charge in [-0.2, -0.15) is 0 Å². The van der Waals surface area contributed by atoms with Crippen molar-refractivity contribution in [3.63, 3.8) is 0 Å². The Morgan fingerprint density at radius 2 is 1.82 bits per heavy atom. The summed E-state index contributed by atoms with van der Waals surface area (Å²) in [6.07, 6.45) is 2.14. The maximum Gasteiger partial charge on any atom is 0.321 e. The summed E-state index contributed by atoms with van der Waals surface area (Å²) in [6, 6.07) is 8.75. The fourth-order valence-electron chi connectivity index (χ4n) is 3.71. The standard InChI is InChI=1S/C19H28N4O4S/c1-22(18(24)21-17-9-12-28(26,27)14-17)13-15-7-10-23(11-8-15)19(25)20-16-5-3-2-4-6-16/h2-6,15,17H,7-14H2,1H3,(H,20,25)(H,21,24). The number of nitrogens with one attached hydrogen (secondary N) is 2. The summed E-state index contributed by atoms with van der Waals surface area (Å²) in [4.78, 5) is 28.1. The first-order chi connectivity index (χ1) is 13.3. The van der Waals surface area contributed by atoms with E-state index >= 15 is 0 Å². The van der Waals surface area contributed by atoms with E-state index in [2.05, 4.69) is 10.6 Å². The molecule has 1 aromatic carbocycles. The average Bonchev–Trinajstić information content (AvgIpc) is 3.01. The molecule has 1 aromatic rings. The van der Waals surface area contributed by atoms with Crippen molar-refractivity contribution in [3.05, 3.63) is 30.3 Å². The number of likely N-dealkylation sites (tertiary alicyclic amines) is 1. The van der Waals surface area contributed by atoms with E-state index in [1.54, 1.807) is 16.8 Å². The van der Waals surface area contributed by atoms with E-state index in [0.717, 1.165) is 18.5 Å². The van der Waals surface area contributed by atoms with Gasteiger partial charge in [-0.3, -0.25) is 0 Å². The molecule has 1 unspecified atom stereocenters. The number of sulfone groups is 1. The average molecular weight is 409 g/mol. The molecule has 0 spiro atoms. The first-order valence-electron chi connectivity index (χ1n) is 9.65. The van der Waals surface area contributed by atoms with Gasteiger partial charge in [0.25, 0.3) is 0 Å². The molecular weight excluding hydrogens is 380 g/mol. The fourth-order valence-corrected chi connectivity index (χ4v) is 5.38. The number of para-hydroxylation sites is 1. The number of nitrogens with zero attached hydrogens (tertiary/aromatic N) is 2. The number of urea groups is 2. The van der Waals surface area contributed by atoms with Crippen molar-refractivity contribution >= 4 is 27.6 Å². The molecule has 2 fully saturated rings. The molecule has 9 heteroatoms. The molecule has 2 aliphatic heterocycles. The number of carbonyl (C=O) groups excluding carboxylic acids is 2. The minimum Gasteiger partial charge on any atom is -0.334 e. The highest BCUT2D eigenvalue weighted by Crippen LogP contribution is 2.19. The molecule has 8 nitrogen and oxygen atoms in total. The number of benzene rings is 1. The highest BCUT2D eigenvalue weighted by Gasteiger charge is 2.30. The number of hydrogen-bond donors (Lipinski definition) is 2. The van der Waals surface area contributed by atoms with Gasteiger partial charge in [0.1, 0.15) is 0 Å². The molecule has 154 valence electrons. The number of amides is 4. The predicted molar refractivity (Wildman–Crippen MR) is 108 cm³/mol. The Labute approximate surface area is 166 Å². The van der Waals surface area contributed by atoms with Gasteiger partial charge in [0.05, 0.1) is 11.5 Å². The Bertz CT molecular complexity index is 791. The van der Waals surface area contributed by atoms with Gasteiger partial charge < -0.3 is 20.4 Å². The number of carbonyl (C=O) groups is 2. The van der Waals surface area contributed by atoms with Crippen LogP contribution < -0.4 is 10.6 Å². The van der Waals surface area contributed by atoms with Crippen LogP contribution in [0.4, 0.5) is 15.3 Å². The van der Waals surface area contributed by atoms with Gasteiger partial charge in [-0.15, -0.1) is 0 Å². The second kappa shape index (κ2) is 8.81. The van der Waals surface area contributed by atoms with Gasteiger partial charge >= 0.3 is 12.1 Å². The second-order valence-electron chi connectivity index (χ2n) is 7.66. The smallest absolute Gasteiger partial charge is 0.321 e. The Morgan fingerprint density at radius 1 is 1.14 bits per heavy atom. The van der Waals surface area contributed by atoms with Crippen molar-refractivity contribution in [1.82, 2.24) is 15.1 Å². The summed E-state index contributed by atoms with van der Waals surface area (Å²) >= 11 is 0. The molecule has 0 saturated carbocycles. The fraction of sp³-hybridized carbons (Fsp3) is 0.579. The van der Waals surface area contributed by atoms with Crippen LogP contribution in [0.25, 0.3) is 0 Å². The van der Waals surface area contributed by atoms with Crippen LogP contribution in [0.5, 0.6) is 0 Å². The zero-order valence-electron chi connectivity index (χ0n) is 16.1. The van der Waals surface area contributed by atoms with Gasteiger partial charge in [0, 0.05) is 38.4 Å². The summed E-state index contributed by atoms with van der Waals surface area (Å²) in [7, 11) is -1.28. The molecule has 1 atom stereocenters. The monoisotopic (exact) mass is 408 g/mol. The van der Waals surface area contributed by atoms with Crippen molar-refractivity contribution in [2.24, 2.45) is 5.92 Å². The zero-order valence-corrected chi connectivity index (χ0v) is 17.0. The largest absolute Gasteiger partial charge is 0.334 e. The second-order valence-corrected chi connectivity index (χ2v) is 9.89. The lowest BCUT2D eigenvalue weighted by Crippen LogP contribution is -2.47. The van der Waals surface area contributed by atoms with Crippen LogP contribution in [0.1, 0.15) is 19.3 Å². The van der Waals surface area contributed by atoms with Crippen LogP contribution in [0.3, 0.4) is 0 Å². The molecule has 2 heterocycles. The van der Waals surface area contributed by atoms with Gasteiger partial charge in [-0.05, 0) is 37.3 Å². The third kappa shape index (κ3) is 5.60. The van der Waals surface area contributed by atoms with E-state index < -0.39 is 9.84 Å². The van der Waals surface area contributed by atoms with Crippen LogP contribution >= 0.6 is 0 Å². The Balaban J connectivity index is 1.40. The van der Waals surface area contributed by atoms with Gasteiger partial charge in [0.15, 0.2) is 9.84 Å². The summed E-state index contributed by atoms with van der Waals surface area (Å²) in [5, 5.41) is 5.71. The van der Waals surface area contributed by atoms with Crippen molar-refractivity contribution in [2.45, 2.75) is 25.3 Å². The van der Waals surface area contributed by atoms with Gasteiger partial charge in [-0.1, -0.05) is 18.2 Å². The maximum atomic E-state index is 12.3. The number of anilines is 1. The maximum absolute atomic E-state index is 12.3. The highest BCUT2D eigenvalue weighted by molar-refractivity contribution is 7.91. The van der Waals surface area contributed by atoms with Crippen LogP contribution in [-0.2, 0) is 9.84 Å². The molecule has 3 rings (SSSR count). The molecule has 2 aliphatic rings. The normalized spacial score (nSPS) is 21.9. The van der Waals surface area contributed by atoms with E-state index in [9.17, 15) is 18.0 Å². The zero-order chi connectivity index (χ0) is 20.1. The van der Waals surface area contributed by atoms with E-state index in [1.807, 2.05) is 30.3 Å². The van der Waals surface area contributed by atoms with E-state index in [1.165, 1.54) is 0 Å². The molecule has 0 aliphatic carbocycles. The molecule has 0 radical (unpaired) electrons. The van der Waals surface area contributed by atoms with Crippen molar-refractivity contribution in [1.29, 1.82) is 0 Å². The Morgan fingerprint density at radius 3 is 2.43 bits per heavy atom. The first-order valence-corrected chi connectivity index (χ1v) is 11.5.